The van der Waals surface area contributed by atoms with Crippen molar-refractivity contribution in [2.75, 3.05) is 27.0 Å². The molecule has 0 atom stereocenters. The normalized spacial score (nSPS) is 16.1. The smallest absolute Gasteiger partial charge is 0.336 e. The third-order valence-electron chi connectivity index (χ3n) is 6.73. The van der Waals surface area contributed by atoms with E-state index in [9.17, 15) is 19.5 Å². The van der Waals surface area contributed by atoms with Gasteiger partial charge >= 0.3 is 17.9 Å². The van der Waals surface area contributed by atoms with Crippen LogP contribution in [0.1, 0.15) is 42.4 Å². The first-order chi connectivity index (χ1) is 18.3. The number of hydrogen-bond donors (Lipinski definition) is 5. The maximum Gasteiger partial charge on any atom is 0.336 e. The number of rotatable bonds is 9. The Hall–Kier alpha value is -3.87. The minimum absolute atomic E-state index is 0.259. The van der Waals surface area contributed by atoms with Crippen molar-refractivity contribution in [2.45, 2.75) is 50.4 Å². The quantitative estimate of drug-likeness (QED) is 0.308. The molecule has 0 spiro atoms. The molecule has 1 fully saturated rings. The van der Waals surface area contributed by atoms with E-state index in [1.807, 2.05) is 24.3 Å². The van der Waals surface area contributed by atoms with Crippen LogP contribution in [0.5, 0.6) is 17.2 Å². The fraction of sp³-hybridized carbons (Fsp3) is 0.444. The SMILES string of the molecule is COc1cc2c(cc1CN1CCC(O)(c3ccc(C)cc3)CC1)OCO2.O=C(O)CC(O)(CC(=O)O)C(=O)O. The third kappa shape index (κ3) is 7.59. The maximum absolute atomic E-state index is 11.1. The van der Waals surface area contributed by atoms with Crippen molar-refractivity contribution in [3.63, 3.8) is 0 Å². The number of aliphatic hydroxyl groups is 2. The van der Waals surface area contributed by atoms with Gasteiger partial charge in [-0.2, -0.15) is 0 Å². The lowest BCUT2D eigenvalue weighted by atomic mass is 9.84. The van der Waals surface area contributed by atoms with Gasteiger partial charge in [-0.25, -0.2) is 4.79 Å². The van der Waals surface area contributed by atoms with Crippen molar-refractivity contribution >= 4 is 17.9 Å². The van der Waals surface area contributed by atoms with Crippen molar-refractivity contribution in [1.82, 2.24) is 4.90 Å². The van der Waals surface area contributed by atoms with E-state index in [-0.39, 0.29) is 6.79 Å². The van der Waals surface area contributed by atoms with Gasteiger partial charge in [0.25, 0.3) is 0 Å². The van der Waals surface area contributed by atoms with Gasteiger partial charge in [0.1, 0.15) is 5.75 Å². The number of methoxy groups -OCH3 is 1. The lowest BCUT2D eigenvalue weighted by Crippen LogP contribution is -2.42. The van der Waals surface area contributed by atoms with Crippen LogP contribution in [-0.4, -0.2) is 80.9 Å². The zero-order chi connectivity index (χ0) is 28.8. The molecule has 4 rings (SSSR count). The molecule has 2 aromatic carbocycles. The van der Waals surface area contributed by atoms with Gasteiger partial charge < -0.3 is 39.7 Å². The van der Waals surface area contributed by atoms with E-state index in [2.05, 4.69) is 24.0 Å². The summed E-state index contributed by atoms with van der Waals surface area (Å²) in [5.74, 6) is -2.70. The molecule has 0 unspecified atom stereocenters. The Kier molecular flexibility index (Phi) is 9.38. The van der Waals surface area contributed by atoms with E-state index >= 15 is 0 Å². The van der Waals surface area contributed by atoms with Gasteiger partial charge in [-0.05, 0) is 31.4 Å². The van der Waals surface area contributed by atoms with Crippen LogP contribution in [0, 0.1) is 6.92 Å². The van der Waals surface area contributed by atoms with Crippen molar-refractivity contribution in [3.05, 3.63) is 53.1 Å². The average Bonchev–Trinajstić information content (AvgIpc) is 3.32. The zero-order valence-corrected chi connectivity index (χ0v) is 21.8. The summed E-state index contributed by atoms with van der Waals surface area (Å²) in [4.78, 5) is 32.8. The molecule has 0 aliphatic carbocycles. The first-order valence-electron chi connectivity index (χ1n) is 12.2. The van der Waals surface area contributed by atoms with Gasteiger partial charge in [0.15, 0.2) is 17.1 Å². The molecule has 12 heteroatoms. The van der Waals surface area contributed by atoms with E-state index < -0.39 is 42.0 Å². The number of piperidine rings is 1. The first-order valence-corrected chi connectivity index (χ1v) is 12.2. The number of hydrogen-bond acceptors (Lipinski definition) is 9. The number of fused-ring (bicyclic) bond motifs is 1. The Morgan fingerprint density at radius 3 is 2.00 bits per heavy atom. The lowest BCUT2D eigenvalue weighted by Gasteiger charge is -2.38. The van der Waals surface area contributed by atoms with Gasteiger partial charge in [0.2, 0.25) is 6.79 Å². The molecule has 2 aliphatic rings. The van der Waals surface area contributed by atoms with Crippen molar-refractivity contribution in [3.8, 4) is 17.2 Å². The largest absolute Gasteiger partial charge is 0.496 e. The second-order valence-corrected chi connectivity index (χ2v) is 9.67. The second-order valence-electron chi connectivity index (χ2n) is 9.67. The molecule has 5 N–H and O–H groups in total. The van der Waals surface area contributed by atoms with Crippen LogP contribution < -0.4 is 14.2 Å². The molecular weight excluding hydrogens is 514 g/mol. The molecular formula is C27H33NO11. The van der Waals surface area contributed by atoms with Crippen LogP contribution in [0.4, 0.5) is 0 Å². The number of aliphatic carboxylic acids is 3. The van der Waals surface area contributed by atoms with Gasteiger partial charge in [-0.3, -0.25) is 14.5 Å². The summed E-state index contributed by atoms with van der Waals surface area (Å²) in [6, 6.07) is 12.1. The molecule has 0 bridgehead atoms. The summed E-state index contributed by atoms with van der Waals surface area (Å²) in [7, 11) is 1.67. The minimum atomic E-state index is -2.74. The van der Waals surface area contributed by atoms with Crippen LogP contribution in [0.3, 0.4) is 0 Å². The van der Waals surface area contributed by atoms with Crippen LogP contribution in [0.15, 0.2) is 36.4 Å². The molecule has 2 heterocycles. The maximum atomic E-state index is 11.1. The van der Waals surface area contributed by atoms with Crippen LogP contribution in [0.2, 0.25) is 0 Å². The third-order valence-corrected chi connectivity index (χ3v) is 6.73. The molecule has 39 heavy (non-hydrogen) atoms. The van der Waals surface area contributed by atoms with E-state index in [1.165, 1.54) is 5.56 Å². The number of carboxylic acids is 3. The summed E-state index contributed by atoms with van der Waals surface area (Å²) in [5, 5.41) is 44.9. The van der Waals surface area contributed by atoms with E-state index in [0.29, 0.717) is 0 Å². The second kappa shape index (κ2) is 12.3. The number of likely N-dealkylation sites (tertiary alicyclic amines) is 1. The highest BCUT2D eigenvalue weighted by Crippen LogP contribution is 2.39. The summed E-state index contributed by atoms with van der Waals surface area (Å²) < 4.78 is 16.4. The Morgan fingerprint density at radius 1 is 0.974 bits per heavy atom. The molecule has 2 aromatic rings. The zero-order valence-electron chi connectivity index (χ0n) is 21.8. The standard InChI is InChI=1S/C21H25NO4.C6H8O7/c1-15-3-5-17(6-4-15)21(23)7-9-22(10-8-21)13-16-11-19-20(26-14-25-19)12-18(16)24-2;7-3(8)1-6(13,5(11)12)2-4(9)10/h3-6,11-12,23H,7-10,13-14H2,1-2H3;13H,1-2H2,(H,7,8)(H,9,10)(H,11,12). The highest BCUT2D eigenvalue weighted by Gasteiger charge is 2.40. The Labute approximate surface area is 225 Å². The molecule has 2 aliphatic heterocycles. The van der Waals surface area contributed by atoms with Crippen LogP contribution >= 0.6 is 0 Å². The highest BCUT2D eigenvalue weighted by atomic mass is 16.7. The molecule has 0 radical (unpaired) electrons. The monoisotopic (exact) mass is 547 g/mol. The topological polar surface area (TPSA) is 183 Å². The van der Waals surface area contributed by atoms with Gasteiger partial charge in [-0.1, -0.05) is 29.8 Å². The summed E-state index contributed by atoms with van der Waals surface area (Å²) >= 11 is 0. The minimum Gasteiger partial charge on any atom is -0.496 e. The van der Waals surface area contributed by atoms with E-state index in [0.717, 1.165) is 60.9 Å². The van der Waals surface area contributed by atoms with Crippen LogP contribution in [-0.2, 0) is 26.5 Å². The Morgan fingerprint density at radius 2 is 1.51 bits per heavy atom. The fourth-order valence-corrected chi connectivity index (χ4v) is 4.47. The predicted molar refractivity (Wildman–Crippen MR) is 136 cm³/mol. The molecule has 0 saturated carbocycles. The molecule has 0 aromatic heterocycles. The molecule has 0 amide bonds. The number of aryl methyl sites for hydroxylation is 1. The number of nitrogens with zero attached hydrogens (tertiary/aromatic N) is 1. The first kappa shape index (κ1) is 29.7. The van der Waals surface area contributed by atoms with E-state index in [1.54, 1.807) is 7.11 Å². The summed E-state index contributed by atoms with van der Waals surface area (Å²) in [6.07, 6.45) is -0.838. The fourth-order valence-electron chi connectivity index (χ4n) is 4.47. The highest BCUT2D eigenvalue weighted by molar-refractivity contribution is 5.88. The van der Waals surface area contributed by atoms with E-state index in [4.69, 9.17) is 34.6 Å². The predicted octanol–water partition coefficient (Wildman–Crippen LogP) is 1.97. The molecule has 12 nitrogen and oxygen atoms in total. The van der Waals surface area contributed by atoms with Crippen molar-refractivity contribution in [1.29, 1.82) is 0 Å². The lowest BCUT2D eigenvalue weighted by molar-refractivity contribution is -0.170. The Bertz CT molecular complexity index is 1170. The molecule has 212 valence electrons. The number of benzene rings is 2. The summed E-state index contributed by atoms with van der Waals surface area (Å²) in [6.45, 7) is 4.76. The van der Waals surface area contributed by atoms with Gasteiger partial charge in [0, 0.05) is 31.3 Å². The number of ether oxygens (including phenoxy) is 3. The Balaban J connectivity index is 0.000000276. The van der Waals surface area contributed by atoms with Crippen LogP contribution in [0.25, 0.3) is 0 Å². The van der Waals surface area contributed by atoms with Crippen molar-refractivity contribution < 1.29 is 54.1 Å². The number of carboxylic acid groups (broad SMARTS) is 3. The average molecular weight is 548 g/mol. The van der Waals surface area contributed by atoms with Crippen molar-refractivity contribution in [2.24, 2.45) is 0 Å². The van der Waals surface area contributed by atoms with Gasteiger partial charge in [-0.15, -0.1) is 0 Å². The molecule has 1 saturated heterocycles. The number of carbonyl (C=O) groups is 3. The van der Waals surface area contributed by atoms with Gasteiger partial charge in [0.05, 0.1) is 25.6 Å². The summed E-state index contributed by atoms with van der Waals surface area (Å²) in [5.41, 5.74) is -0.161.